The minimum Gasteiger partial charge on any atom is -0.394 e. The molecule has 2 N–H and O–H groups in total. The fraction of sp³-hybridized carbons (Fsp3) is 1.00. The second-order valence-corrected chi connectivity index (χ2v) is 6.66. The maximum Gasteiger partial charge on any atom is 0.0707 e. The van der Waals surface area contributed by atoms with Gasteiger partial charge in [-0.3, -0.25) is 4.90 Å². The van der Waals surface area contributed by atoms with Crippen molar-refractivity contribution in [2.75, 3.05) is 33.3 Å². The third kappa shape index (κ3) is 2.68. The molecule has 2 bridgehead atoms. The van der Waals surface area contributed by atoms with E-state index in [0.717, 1.165) is 19.5 Å². The summed E-state index contributed by atoms with van der Waals surface area (Å²) in [6.45, 7) is 3.69. The molecule has 4 atom stereocenters. The lowest BCUT2D eigenvalue weighted by Gasteiger charge is -2.37. The van der Waals surface area contributed by atoms with E-state index in [-0.39, 0.29) is 12.1 Å². The number of nitrogens with one attached hydrogen (secondary N) is 1. The van der Waals surface area contributed by atoms with Crippen molar-refractivity contribution in [2.45, 2.75) is 56.3 Å². The standard InChI is InChI=1S/C15H28N2O2/c1-16-15(11-18)7-2-3-12(15)6-8-17-9-13-4-5-14(10-17)19-13/h12-14,16,18H,2-11H2,1H3. The van der Waals surface area contributed by atoms with Crippen LogP contribution in [0.15, 0.2) is 0 Å². The third-order valence-corrected chi connectivity index (χ3v) is 5.65. The van der Waals surface area contributed by atoms with Gasteiger partial charge in [-0.15, -0.1) is 0 Å². The summed E-state index contributed by atoms with van der Waals surface area (Å²) in [5, 5.41) is 13.1. The third-order valence-electron chi connectivity index (χ3n) is 5.65. The van der Waals surface area contributed by atoms with Gasteiger partial charge in [0.15, 0.2) is 0 Å². The van der Waals surface area contributed by atoms with Crippen molar-refractivity contribution in [3.63, 3.8) is 0 Å². The second-order valence-electron chi connectivity index (χ2n) is 6.66. The molecule has 0 radical (unpaired) electrons. The summed E-state index contributed by atoms with van der Waals surface area (Å²) >= 11 is 0. The molecule has 0 aromatic rings. The van der Waals surface area contributed by atoms with Crippen molar-refractivity contribution in [3.05, 3.63) is 0 Å². The van der Waals surface area contributed by atoms with Crippen molar-refractivity contribution >= 4 is 0 Å². The SMILES string of the molecule is CNC1(CO)CCCC1CCN1CC2CCC(C1)O2. The maximum absolute atomic E-state index is 9.72. The van der Waals surface area contributed by atoms with Crippen LogP contribution in [0.5, 0.6) is 0 Å². The smallest absolute Gasteiger partial charge is 0.0707 e. The number of aliphatic hydroxyl groups excluding tert-OH is 1. The lowest BCUT2D eigenvalue weighted by Crippen LogP contribution is -2.51. The highest BCUT2D eigenvalue weighted by atomic mass is 16.5. The Balaban J connectivity index is 1.51. The molecule has 0 aromatic carbocycles. The molecule has 0 spiro atoms. The fourth-order valence-electron chi connectivity index (χ4n) is 4.40. The van der Waals surface area contributed by atoms with E-state index >= 15 is 0 Å². The first-order valence-corrected chi connectivity index (χ1v) is 7.93. The van der Waals surface area contributed by atoms with E-state index in [1.807, 2.05) is 7.05 Å². The Morgan fingerprint density at radius 3 is 2.63 bits per heavy atom. The maximum atomic E-state index is 9.72. The summed E-state index contributed by atoms with van der Waals surface area (Å²) < 4.78 is 5.89. The summed E-state index contributed by atoms with van der Waals surface area (Å²) in [5.41, 5.74) is -0.00866. The van der Waals surface area contributed by atoms with E-state index in [1.54, 1.807) is 0 Å². The first kappa shape index (κ1) is 13.8. The molecule has 1 saturated carbocycles. The van der Waals surface area contributed by atoms with Crippen LogP contribution in [0.25, 0.3) is 0 Å². The highest BCUT2D eigenvalue weighted by Gasteiger charge is 2.41. The number of likely N-dealkylation sites (N-methyl/N-ethyl adjacent to an activating group) is 1. The van der Waals surface area contributed by atoms with Gasteiger partial charge in [0, 0.05) is 18.6 Å². The van der Waals surface area contributed by atoms with Crippen LogP contribution in [0.2, 0.25) is 0 Å². The van der Waals surface area contributed by atoms with Crippen LogP contribution in [0.4, 0.5) is 0 Å². The zero-order valence-electron chi connectivity index (χ0n) is 12.1. The average Bonchev–Trinajstić information content (AvgIpc) is 3.00. The topological polar surface area (TPSA) is 44.7 Å². The second kappa shape index (κ2) is 5.68. The minimum atomic E-state index is -0.00866. The highest BCUT2D eigenvalue weighted by Crippen LogP contribution is 2.38. The zero-order chi connectivity index (χ0) is 13.3. The van der Waals surface area contributed by atoms with Gasteiger partial charge in [-0.25, -0.2) is 0 Å². The number of aliphatic hydroxyl groups is 1. The van der Waals surface area contributed by atoms with E-state index in [9.17, 15) is 5.11 Å². The first-order chi connectivity index (χ1) is 9.25. The van der Waals surface area contributed by atoms with Gasteiger partial charge < -0.3 is 15.2 Å². The summed E-state index contributed by atoms with van der Waals surface area (Å²) in [5.74, 6) is 0.628. The fourth-order valence-corrected chi connectivity index (χ4v) is 4.40. The van der Waals surface area contributed by atoms with Crippen molar-refractivity contribution < 1.29 is 9.84 Å². The number of hydrogen-bond acceptors (Lipinski definition) is 4. The van der Waals surface area contributed by atoms with Crippen LogP contribution >= 0.6 is 0 Å². The number of nitrogens with zero attached hydrogens (tertiary/aromatic N) is 1. The molecule has 2 aliphatic heterocycles. The Bertz CT molecular complexity index is 295. The molecule has 0 amide bonds. The van der Waals surface area contributed by atoms with E-state index in [2.05, 4.69) is 10.2 Å². The molecule has 4 unspecified atom stereocenters. The molecule has 2 saturated heterocycles. The first-order valence-electron chi connectivity index (χ1n) is 7.93. The van der Waals surface area contributed by atoms with Gasteiger partial charge in [-0.05, 0) is 51.6 Å². The van der Waals surface area contributed by atoms with Crippen molar-refractivity contribution in [1.29, 1.82) is 0 Å². The van der Waals surface area contributed by atoms with Gasteiger partial charge in [0.1, 0.15) is 0 Å². The van der Waals surface area contributed by atoms with Crippen molar-refractivity contribution in [1.82, 2.24) is 10.2 Å². The Morgan fingerprint density at radius 2 is 2.00 bits per heavy atom. The minimum absolute atomic E-state index is 0.00866. The number of hydrogen-bond donors (Lipinski definition) is 2. The molecular weight excluding hydrogens is 240 g/mol. The van der Waals surface area contributed by atoms with Crippen LogP contribution in [0.3, 0.4) is 0 Å². The molecule has 3 aliphatic rings. The molecule has 2 heterocycles. The van der Waals surface area contributed by atoms with E-state index in [0.29, 0.717) is 18.1 Å². The van der Waals surface area contributed by atoms with Gasteiger partial charge in [-0.1, -0.05) is 6.42 Å². The Hall–Kier alpha value is -0.160. The lowest BCUT2D eigenvalue weighted by molar-refractivity contribution is -0.0406. The Morgan fingerprint density at radius 1 is 1.26 bits per heavy atom. The van der Waals surface area contributed by atoms with E-state index < -0.39 is 0 Å². The summed E-state index contributed by atoms with van der Waals surface area (Å²) in [4.78, 5) is 2.59. The van der Waals surface area contributed by atoms with Crippen molar-refractivity contribution in [3.8, 4) is 0 Å². The number of likely N-dealkylation sites (tertiary alicyclic amines) is 1. The van der Waals surface area contributed by atoms with Crippen LogP contribution in [-0.2, 0) is 4.74 Å². The predicted molar refractivity (Wildman–Crippen MR) is 75.2 cm³/mol. The van der Waals surface area contributed by atoms with Gasteiger partial charge in [0.25, 0.3) is 0 Å². The molecule has 4 nitrogen and oxygen atoms in total. The lowest BCUT2D eigenvalue weighted by atomic mass is 9.85. The van der Waals surface area contributed by atoms with Crippen LogP contribution < -0.4 is 5.32 Å². The van der Waals surface area contributed by atoms with Crippen LogP contribution in [-0.4, -0.2) is 61.0 Å². The molecule has 3 rings (SSSR count). The number of morpholine rings is 1. The van der Waals surface area contributed by atoms with Crippen LogP contribution in [0, 0.1) is 5.92 Å². The molecule has 1 aliphatic carbocycles. The monoisotopic (exact) mass is 268 g/mol. The number of rotatable bonds is 5. The molecule has 0 aromatic heterocycles. The largest absolute Gasteiger partial charge is 0.394 e. The molecule has 4 heteroatoms. The highest BCUT2D eigenvalue weighted by molar-refractivity contribution is 4.98. The molecule has 110 valence electrons. The van der Waals surface area contributed by atoms with E-state index in [4.69, 9.17) is 4.74 Å². The predicted octanol–water partition coefficient (Wildman–Crippen LogP) is 0.990. The van der Waals surface area contributed by atoms with Gasteiger partial charge in [0.2, 0.25) is 0 Å². The summed E-state index contributed by atoms with van der Waals surface area (Å²) in [6.07, 6.45) is 8.34. The normalized spacial score (nSPS) is 42.9. The summed E-state index contributed by atoms with van der Waals surface area (Å²) in [6, 6.07) is 0. The van der Waals surface area contributed by atoms with Gasteiger partial charge in [0.05, 0.1) is 18.8 Å². The quantitative estimate of drug-likeness (QED) is 0.780. The van der Waals surface area contributed by atoms with Crippen LogP contribution in [0.1, 0.15) is 38.5 Å². The number of ether oxygens (including phenoxy) is 1. The zero-order valence-corrected chi connectivity index (χ0v) is 12.1. The summed E-state index contributed by atoms with van der Waals surface area (Å²) in [7, 11) is 2.00. The Kier molecular flexibility index (Phi) is 4.13. The molecule has 19 heavy (non-hydrogen) atoms. The average molecular weight is 268 g/mol. The van der Waals surface area contributed by atoms with E-state index in [1.165, 1.54) is 38.6 Å². The number of fused-ring (bicyclic) bond motifs is 2. The van der Waals surface area contributed by atoms with Gasteiger partial charge >= 0.3 is 0 Å². The molecular formula is C15H28N2O2. The molecule has 3 fully saturated rings. The van der Waals surface area contributed by atoms with Crippen molar-refractivity contribution in [2.24, 2.45) is 5.92 Å². The Labute approximate surface area is 116 Å². The van der Waals surface area contributed by atoms with Gasteiger partial charge in [-0.2, -0.15) is 0 Å².